The third-order valence-corrected chi connectivity index (χ3v) is 4.15. The van der Waals surface area contributed by atoms with E-state index < -0.39 is 0 Å². The summed E-state index contributed by atoms with van der Waals surface area (Å²) in [5.74, 6) is 2.47. The molecule has 0 amide bonds. The minimum atomic E-state index is 0.185. The van der Waals surface area contributed by atoms with Gasteiger partial charge in [-0.05, 0) is 26.2 Å². The fourth-order valence-corrected chi connectivity index (χ4v) is 3.24. The zero-order valence-corrected chi connectivity index (χ0v) is 11.6. The summed E-state index contributed by atoms with van der Waals surface area (Å²) in [4.78, 5) is 15.8. The van der Waals surface area contributed by atoms with E-state index in [0.29, 0.717) is 11.9 Å². The summed E-state index contributed by atoms with van der Waals surface area (Å²) in [6.45, 7) is 4.09. The van der Waals surface area contributed by atoms with Gasteiger partial charge in [-0.25, -0.2) is 15.0 Å². The fourth-order valence-electron chi connectivity index (χ4n) is 3.24. The van der Waals surface area contributed by atoms with Gasteiger partial charge in [-0.15, -0.1) is 0 Å². The highest BCUT2D eigenvalue weighted by Crippen LogP contribution is 2.37. The largest absolute Gasteiger partial charge is 0.385 e. The van der Waals surface area contributed by atoms with Crippen molar-refractivity contribution in [2.24, 2.45) is 10.7 Å². The lowest BCUT2D eigenvalue weighted by atomic mass is 10.1. The highest BCUT2D eigenvalue weighted by atomic mass is 15.3. The van der Waals surface area contributed by atoms with Crippen molar-refractivity contribution >= 4 is 17.3 Å². The molecule has 102 valence electrons. The second kappa shape index (κ2) is 4.79. The van der Waals surface area contributed by atoms with E-state index in [0.717, 1.165) is 23.8 Å². The standard InChI is InChI=1S/C14H21N5/c1-3-12-13(15)18-11-8-16-9(2)17-14(11)19(12)10-6-4-5-7-10/h8,10,12H,3-7H2,1-2H3,(H2,15,18)/t12-/m1/s1. The maximum atomic E-state index is 6.15. The molecule has 0 bridgehead atoms. The first kappa shape index (κ1) is 12.4. The van der Waals surface area contributed by atoms with Gasteiger partial charge in [0.25, 0.3) is 0 Å². The molecule has 0 aromatic carbocycles. The zero-order chi connectivity index (χ0) is 13.4. The minimum Gasteiger partial charge on any atom is -0.385 e. The molecular weight excluding hydrogens is 238 g/mol. The van der Waals surface area contributed by atoms with Crippen LogP contribution in [0.3, 0.4) is 0 Å². The van der Waals surface area contributed by atoms with Crippen molar-refractivity contribution in [2.45, 2.75) is 58.0 Å². The molecule has 0 saturated heterocycles. The first-order valence-electron chi connectivity index (χ1n) is 7.16. The van der Waals surface area contributed by atoms with Crippen molar-refractivity contribution in [2.75, 3.05) is 4.90 Å². The number of aryl methyl sites for hydroxylation is 1. The summed E-state index contributed by atoms with van der Waals surface area (Å²) in [6.07, 6.45) is 7.81. The van der Waals surface area contributed by atoms with Gasteiger partial charge in [-0.3, -0.25) is 0 Å². The Kier molecular flexibility index (Phi) is 3.12. The molecule has 2 aliphatic rings. The van der Waals surface area contributed by atoms with E-state index >= 15 is 0 Å². The monoisotopic (exact) mass is 259 g/mol. The fraction of sp³-hybridized carbons (Fsp3) is 0.643. The Morgan fingerprint density at radius 2 is 2.11 bits per heavy atom. The third-order valence-electron chi connectivity index (χ3n) is 4.15. The molecular formula is C14H21N5. The van der Waals surface area contributed by atoms with E-state index in [-0.39, 0.29) is 6.04 Å². The van der Waals surface area contributed by atoms with Gasteiger partial charge in [0.2, 0.25) is 0 Å². The Morgan fingerprint density at radius 1 is 1.37 bits per heavy atom. The highest BCUT2D eigenvalue weighted by Gasteiger charge is 2.35. The van der Waals surface area contributed by atoms with Gasteiger partial charge in [-0.1, -0.05) is 19.8 Å². The summed E-state index contributed by atoms with van der Waals surface area (Å²) < 4.78 is 0. The number of hydrogen-bond acceptors (Lipinski definition) is 5. The Hall–Kier alpha value is -1.65. The molecule has 1 atom stereocenters. The summed E-state index contributed by atoms with van der Waals surface area (Å²) in [7, 11) is 0. The van der Waals surface area contributed by atoms with Crippen molar-refractivity contribution in [3.8, 4) is 0 Å². The van der Waals surface area contributed by atoms with E-state index in [1.54, 1.807) is 6.20 Å². The van der Waals surface area contributed by atoms with Crippen molar-refractivity contribution < 1.29 is 0 Å². The Morgan fingerprint density at radius 3 is 2.79 bits per heavy atom. The molecule has 0 unspecified atom stereocenters. The lowest BCUT2D eigenvalue weighted by molar-refractivity contribution is 0.549. The van der Waals surface area contributed by atoms with Crippen LogP contribution in [0.2, 0.25) is 0 Å². The molecule has 1 aromatic heterocycles. The normalized spacial score (nSPS) is 23.4. The molecule has 1 fully saturated rings. The van der Waals surface area contributed by atoms with Gasteiger partial charge in [0, 0.05) is 6.04 Å². The number of nitrogens with zero attached hydrogens (tertiary/aromatic N) is 4. The molecule has 1 saturated carbocycles. The van der Waals surface area contributed by atoms with Crippen LogP contribution in [0.25, 0.3) is 0 Å². The number of rotatable bonds is 2. The quantitative estimate of drug-likeness (QED) is 0.885. The molecule has 2 heterocycles. The lowest BCUT2D eigenvalue weighted by Crippen LogP contribution is -2.51. The molecule has 0 spiro atoms. The Bertz CT molecular complexity index is 505. The first-order chi connectivity index (χ1) is 9.20. The van der Waals surface area contributed by atoms with Crippen molar-refractivity contribution in [3.05, 3.63) is 12.0 Å². The maximum absolute atomic E-state index is 6.15. The molecule has 5 nitrogen and oxygen atoms in total. The summed E-state index contributed by atoms with van der Waals surface area (Å²) in [5.41, 5.74) is 6.97. The first-order valence-corrected chi connectivity index (χ1v) is 7.16. The molecule has 2 N–H and O–H groups in total. The van der Waals surface area contributed by atoms with Gasteiger partial charge in [0.1, 0.15) is 17.3 Å². The molecule has 0 radical (unpaired) electrons. The molecule has 5 heteroatoms. The van der Waals surface area contributed by atoms with Crippen LogP contribution in [-0.4, -0.2) is 27.9 Å². The second-order valence-corrected chi connectivity index (χ2v) is 5.43. The van der Waals surface area contributed by atoms with Crippen LogP contribution in [0, 0.1) is 6.92 Å². The molecule has 1 aliphatic carbocycles. The van der Waals surface area contributed by atoms with Crippen LogP contribution in [0.15, 0.2) is 11.2 Å². The maximum Gasteiger partial charge on any atom is 0.159 e. The average molecular weight is 259 g/mol. The number of nitrogens with two attached hydrogens (primary N) is 1. The SMILES string of the molecule is CC[C@@H]1C(N)=Nc2cnc(C)nc2N1C1CCCC1. The van der Waals surface area contributed by atoms with Crippen molar-refractivity contribution in [1.29, 1.82) is 0 Å². The summed E-state index contributed by atoms with van der Waals surface area (Å²) in [5, 5.41) is 0. The lowest BCUT2D eigenvalue weighted by Gasteiger charge is -2.39. The third kappa shape index (κ3) is 2.07. The van der Waals surface area contributed by atoms with Crippen LogP contribution in [-0.2, 0) is 0 Å². The summed E-state index contributed by atoms with van der Waals surface area (Å²) in [6, 6.07) is 0.733. The topological polar surface area (TPSA) is 67.4 Å². The predicted molar refractivity (Wildman–Crippen MR) is 76.9 cm³/mol. The summed E-state index contributed by atoms with van der Waals surface area (Å²) >= 11 is 0. The Balaban J connectivity index is 2.08. The van der Waals surface area contributed by atoms with Crippen LogP contribution in [0.1, 0.15) is 44.9 Å². The number of aliphatic imine (C=N–C) groups is 1. The van der Waals surface area contributed by atoms with E-state index in [4.69, 9.17) is 5.73 Å². The van der Waals surface area contributed by atoms with Crippen LogP contribution < -0.4 is 10.6 Å². The molecule has 19 heavy (non-hydrogen) atoms. The van der Waals surface area contributed by atoms with Gasteiger partial charge in [0.05, 0.1) is 12.2 Å². The minimum absolute atomic E-state index is 0.185. The second-order valence-electron chi connectivity index (χ2n) is 5.43. The zero-order valence-electron chi connectivity index (χ0n) is 11.6. The number of fused-ring (bicyclic) bond motifs is 1. The molecule has 1 aromatic rings. The van der Waals surface area contributed by atoms with E-state index in [1.807, 2.05) is 6.92 Å². The molecule has 3 rings (SSSR count). The number of anilines is 1. The van der Waals surface area contributed by atoms with Gasteiger partial charge < -0.3 is 10.6 Å². The van der Waals surface area contributed by atoms with Crippen molar-refractivity contribution in [1.82, 2.24) is 9.97 Å². The highest BCUT2D eigenvalue weighted by molar-refractivity contribution is 5.95. The Labute approximate surface area is 114 Å². The van der Waals surface area contributed by atoms with Gasteiger partial charge in [-0.2, -0.15) is 0 Å². The van der Waals surface area contributed by atoms with E-state index in [9.17, 15) is 0 Å². The average Bonchev–Trinajstić information content (AvgIpc) is 2.91. The number of hydrogen-bond donors (Lipinski definition) is 1. The van der Waals surface area contributed by atoms with Crippen molar-refractivity contribution in [3.63, 3.8) is 0 Å². The molecule has 1 aliphatic heterocycles. The van der Waals surface area contributed by atoms with Crippen LogP contribution in [0.5, 0.6) is 0 Å². The van der Waals surface area contributed by atoms with Crippen LogP contribution in [0.4, 0.5) is 11.5 Å². The predicted octanol–water partition coefficient (Wildman–Crippen LogP) is 2.31. The van der Waals surface area contributed by atoms with E-state index in [1.165, 1.54) is 25.7 Å². The van der Waals surface area contributed by atoms with Crippen LogP contribution >= 0.6 is 0 Å². The smallest absolute Gasteiger partial charge is 0.159 e. The van der Waals surface area contributed by atoms with Gasteiger partial charge >= 0.3 is 0 Å². The van der Waals surface area contributed by atoms with Gasteiger partial charge in [0.15, 0.2) is 5.82 Å². The number of aromatic nitrogens is 2. The number of amidine groups is 1. The van der Waals surface area contributed by atoms with E-state index in [2.05, 4.69) is 26.8 Å².